The third-order valence-corrected chi connectivity index (χ3v) is 2.40. The van der Waals surface area contributed by atoms with E-state index in [0.717, 1.165) is 12.8 Å². The molecule has 0 atom stereocenters. The van der Waals surface area contributed by atoms with Gasteiger partial charge in [0.15, 0.2) is 6.61 Å². The number of unbranched alkanes of at least 4 members (excludes halogenated alkanes) is 1. The van der Waals surface area contributed by atoms with Crippen LogP contribution in [0.2, 0.25) is 0 Å². The van der Waals surface area contributed by atoms with Gasteiger partial charge in [-0.25, -0.2) is 4.79 Å². The van der Waals surface area contributed by atoms with Gasteiger partial charge in [-0.05, 0) is 31.5 Å². The number of carbonyl (C=O) groups excluding carboxylic acids is 1. The Kier molecular flexibility index (Phi) is 8.42. The van der Waals surface area contributed by atoms with Crippen LogP contribution in [0.4, 0.5) is 0 Å². The van der Waals surface area contributed by atoms with Crippen LogP contribution in [0.5, 0.6) is 5.75 Å². The Balaban J connectivity index is 2.23. The van der Waals surface area contributed by atoms with Gasteiger partial charge in [0.25, 0.3) is 0 Å². The molecule has 0 unspecified atom stereocenters. The van der Waals surface area contributed by atoms with E-state index >= 15 is 0 Å². The first-order chi connectivity index (χ1) is 9.77. The van der Waals surface area contributed by atoms with Crippen molar-refractivity contribution in [2.24, 2.45) is 0 Å². The van der Waals surface area contributed by atoms with Crippen LogP contribution in [0.3, 0.4) is 0 Å². The number of benzene rings is 1. The summed E-state index contributed by atoms with van der Waals surface area (Å²) in [5, 5.41) is 0. The van der Waals surface area contributed by atoms with E-state index in [4.69, 9.17) is 9.47 Å². The molecule has 0 N–H and O–H groups in total. The van der Waals surface area contributed by atoms with Gasteiger partial charge in [-0.3, -0.25) is 4.89 Å². The van der Waals surface area contributed by atoms with Crippen LogP contribution in [0.15, 0.2) is 24.3 Å². The highest BCUT2D eigenvalue weighted by Crippen LogP contribution is 2.14. The number of carbonyl (C=O) groups is 1. The summed E-state index contributed by atoms with van der Waals surface area (Å²) in [7, 11) is 0. The van der Waals surface area contributed by atoms with Gasteiger partial charge in [0, 0.05) is 6.61 Å². The molecule has 5 heteroatoms. The fourth-order valence-corrected chi connectivity index (χ4v) is 1.41. The van der Waals surface area contributed by atoms with Gasteiger partial charge in [-0.2, -0.15) is 4.89 Å². The van der Waals surface area contributed by atoms with Gasteiger partial charge in [0.1, 0.15) is 5.75 Å². The van der Waals surface area contributed by atoms with Crippen molar-refractivity contribution < 1.29 is 24.0 Å². The second-order valence-electron chi connectivity index (χ2n) is 4.02. The zero-order chi connectivity index (χ0) is 14.6. The zero-order valence-electron chi connectivity index (χ0n) is 12.0. The van der Waals surface area contributed by atoms with E-state index < -0.39 is 5.97 Å². The Morgan fingerprint density at radius 3 is 2.90 bits per heavy atom. The maximum absolute atomic E-state index is 11.7. The Hall–Kier alpha value is -1.59. The van der Waals surface area contributed by atoms with Crippen LogP contribution in [0, 0.1) is 6.61 Å². The number of hydrogen-bond acceptors (Lipinski definition) is 5. The lowest BCUT2D eigenvalue weighted by Gasteiger charge is -2.06. The summed E-state index contributed by atoms with van der Waals surface area (Å²) >= 11 is 0. The zero-order valence-corrected chi connectivity index (χ0v) is 12.0. The molecular weight excluding hydrogens is 260 g/mol. The molecule has 1 rings (SSSR count). The minimum Gasteiger partial charge on any atom is -0.494 e. The van der Waals surface area contributed by atoms with Crippen molar-refractivity contribution in [3.05, 3.63) is 36.4 Å². The maximum Gasteiger partial charge on any atom is 0.373 e. The molecule has 0 aliphatic carbocycles. The lowest BCUT2D eigenvalue weighted by molar-refractivity contribution is -0.218. The standard InChI is InChI=1S/C15H21O5/c1-3-5-9-17-10-11-19-20-15(16)13-7-6-8-14(12-13)18-4-2/h6-8,11-12H,3-5,9-10H2,1-2H3. The molecule has 1 radical (unpaired) electrons. The maximum atomic E-state index is 11.7. The lowest BCUT2D eigenvalue weighted by atomic mass is 10.2. The normalized spacial score (nSPS) is 10.3. The highest BCUT2D eigenvalue weighted by Gasteiger charge is 2.09. The molecule has 0 bridgehead atoms. The fourth-order valence-electron chi connectivity index (χ4n) is 1.41. The van der Waals surface area contributed by atoms with E-state index in [0.29, 0.717) is 24.5 Å². The summed E-state index contributed by atoms with van der Waals surface area (Å²) in [6, 6.07) is 6.73. The predicted octanol–water partition coefficient (Wildman–Crippen LogP) is 3.15. The number of hydrogen-bond donors (Lipinski definition) is 0. The highest BCUT2D eigenvalue weighted by atomic mass is 17.2. The SMILES string of the molecule is CCCCOC[CH]OOC(=O)c1cccc(OCC)c1. The van der Waals surface area contributed by atoms with Crippen LogP contribution in [-0.2, 0) is 14.5 Å². The van der Waals surface area contributed by atoms with Crippen LogP contribution in [0.25, 0.3) is 0 Å². The smallest absolute Gasteiger partial charge is 0.373 e. The molecule has 0 aliphatic heterocycles. The molecule has 111 valence electrons. The second-order valence-corrected chi connectivity index (χ2v) is 4.02. The Bertz CT molecular complexity index is 392. The predicted molar refractivity (Wildman–Crippen MR) is 74.1 cm³/mol. The third kappa shape index (κ3) is 6.54. The molecule has 1 aromatic rings. The van der Waals surface area contributed by atoms with Gasteiger partial charge in [0.2, 0.25) is 0 Å². The second kappa shape index (κ2) is 10.2. The van der Waals surface area contributed by atoms with E-state index in [2.05, 4.69) is 16.7 Å². The summed E-state index contributed by atoms with van der Waals surface area (Å²) in [6.45, 7) is 6.76. The molecule has 1 aromatic carbocycles. The highest BCUT2D eigenvalue weighted by molar-refractivity contribution is 5.89. The van der Waals surface area contributed by atoms with Gasteiger partial charge in [-0.15, -0.1) is 0 Å². The van der Waals surface area contributed by atoms with Crippen molar-refractivity contribution in [2.45, 2.75) is 26.7 Å². The molecule has 0 heterocycles. The molecule has 0 fully saturated rings. The van der Waals surface area contributed by atoms with Crippen LogP contribution < -0.4 is 4.74 Å². The van der Waals surface area contributed by atoms with E-state index in [1.807, 2.05) is 6.92 Å². The Labute approximate surface area is 119 Å². The van der Waals surface area contributed by atoms with E-state index in [1.165, 1.54) is 6.61 Å². The average Bonchev–Trinajstić information content (AvgIpc) is 2.47. The molecule has 0 amide bonds. The summed E-state index contributed by atoms with van der Waals surface area (Å²) < 4.78 is 10.5. The Morgan fingerprint density at radius 1 is 1.30 bits per heavy atom. The first-order valence-electron chi connectivity index (χ1n) is 6.77. The van der Waals surface area contributed by atoms with E-state index in [1.54, 1.807) is 24.3 Å². The van der Waals surface area contributed by atoms with Crippen molar-refractivity contribution in [2.75, 3.05) is 19.8 Å². The number of ether oxygens (including phenoxy) is 2. The van der Waals surface area contributed by atoms with Crippen LogP contribution in [-0.4, -0.2) is 25.8 Å². The molecule has 0 aliphatic rings. The topological polar surface area (TPSA) is 54.0 Å². The van der Waals surface area contributed by atoms with Crippen molar-refractivity contribution in [1.82, 2.24) is 0 Å². The fraction of sp³-hybridized carbons (Fsp3) is 0.467. The van der Waals surface area contributed by atoms with Crippen molar-refractivity contribution >= 4 is 5.97 Å². The first kappa shape index (κ1) is 16.5. The quantitative estimate of drug-likeness (QED) is 0.374. The first-order valence-corrected chi connectivity index (χ1v) is 6.77. The molecule has 20 heavy (non-hydrogen) atoms. The minimum atomic E-state index is -0.573. The number of rotatable bonds is 10. The molecule has 0 spiro atoms. The molecule has 0 aromatic heterocycles. The van der Waals surface area contributed by atoms with E-state index in [9.17, 15) is 4.79 Å². The van der Waals surface area contributed by atoms with E-state index in [-0.39, 0.29) is 6.61 Å². The van der Waals surface area contributed by atoms with Gasteiger partial charge >= 0.3 is 5.97 Å². The van der Waals surface area contributed by atoms with Crippen molar-refractivity contribution in [3.8, 4) is 5.75 Å². The third-order valence-electron chi connectivity index (χ3n) is 2.40. The Morgan fingerprint density at radius 2 is 2.15 bits per heavy atom. The van der Waals surface area contributed by atoms with Crippen LogP contribution >= 0.6 is 0 Å². The minimum absolute atomic E-state index is 0.284. The largest absolute Gasteiger partial charge is 0.494 e. The molecule has 0 saturated heterocycles. The van der Waals surface area contributed by atoms with Crippen LogP contribution in [0.1, 0.15) is 37.0 Å². The molecular formula is C15H21O5. The van der Waals surface area contributed by atoms with Crippen molar-refractivity contribution in [3.63, 3.8) is 0 Å². The van der Waals surface area contributed by atoms with Crippen molar-refractivity contribution in [1.29, 1.82) is 0 Å². The summed E-state index contributed by atoms with van der Waals surface area (Å²) in [5.41, 5.74) is 0.372. The van der Waals surface area contributed by atoms with Gasteiger partial charge < -0.3 is 9.47 Å². The van der Waals surface area contributed by atoms with Gasteiger partial charge in [-0.1, -0.05) is 19.4 Å². The summed E-state index contributed by atoms with van der Waals surface area (Å²) in [4.78, 5) is 21.0. The summed E-state index contributed by atoms with van der Waals surface area (Å²) in [6.07, 6.45) is 2.07. The van der Waals surface area contributed by atoms with Gasteiger partial charge in [0.05, 0.1) is 18.8 Å². The summed E-state index contributed by atoms with van der Waals surface area (Å²) in [5.74, 6) is 0.0465. The average molecular weight is 281 g/mol. The monoisotopic (exact) mass is 281 g/mol. The molecule has 0 saturated carbocycles. The molecule has 5 nitrogen and oxygen atoms in total. The lowest BCUT2D eigenvalue weighted by Crippen LogP contribution is -2.07.